The van der Waals surface area contributed by atoms with Gasteiger partial charge < -0.3 is 20.2 Å². The molecule has 172 valence electrons. The predicted octanol–water partition coefficient (Wildman–Crippen LogP) is 4.88. The van der Waals surface area contributed by atoms with Crippen molar-refractivity contribution in [2.75, 3.05) is 5.32 Å². The zero-order valence-electron chi connectivity index (χ0n) is 18.0. The van der Waals surface area contributed by atoms with Crippen molar-refractivity contribution in [1.82, 2.24) is 15.1 Å². The minimum absolute atomic E-state index is 0.0931. The Morgan fingerprint density at radius 3 is 2.68 bits per heavy atom. The number of hydrogen-bond acceptors (Lipinski definition) is 5. The van der Waals surface area contributed by atoms with E-state index in [9.17, 15) is 19.1 Å². The van der Waals surface area contributed by atoms with E-state index in [2.05, 4.69) is 15.7 Å². The van der Waals surface area contributed by atoms with Crippen LogP contribution in [0, 0.1) is 5.82 Å². The van der Waals surface area contributed by atoms with Gasteiger partial charge in [-0.3, -0.25) is 4.79 Å². The number of phenolic OH excluding ortho intramolecular Hbond substituents is 1. The Balaban J connectivity index is 1.35. The molecule has 1 fully saturated rings. The Hall–Kier alpha value is -4.40. The predicted molar refractivity (Wildman–Crippen MR) is 122 cm³/mol. The summed E-state index contributed by atoms with van der Waals surface area (Å²) in [4.78, 5) is 25.0. The van der Waals surface area contributed by atoms with Crippen molar-refractivity contribution < 1.29 is 23.5 Å². The van der Waals surface area contributed by atoms with Gasteiger partial charge in [0.15, 0.2) is 5.76 Å². The van der Waals surface area contributed by atoms with Crippen molar-refractivity contribution in [2.45, 2.75) is 25.3 Å². The van der Waals surface area contributed by atoms with E-state index in [0.717, 1.165) is 18.5 Å². The van der Waals surface area contributed by atoms with Crippen LogP contribution in [-0.2, 0) is 6.54 Å². The summed E-state index contributed by atoms with van der Waals surface area (Å²) in [5, 5.41) is 20.4. The van der Waals surface area contributed by atoms with E-state index in [1.54, 1.807) is 36.4 Å². The number of aromatic nitrogens is 2. The van der Waals surface area contributed by atoms with Crippen LogP contribution in [0.1, 0.15) is 40.6 Å². The molecule has 0 radical (unpaired) electrons. The highest BCUT2D eigenvalue weighted by Crippen LogP contribution is 2.42. The number of phenols is 1. The Bertz CT molecular complexity index is 1360. The number of nitrogens with zero attached hydrogens (tertiary/aromatic N) is 2. The summed E-state index contributed by atoms with van der Waals surface area (Å²) >= 11 is 0. The molecule has 34 heavy (non-hydrogen) atoms. The summed E-state index contributed by atoms with van der Waals surface area (Å²) in [6, 6.07) is 15.2. The molecule has 0 bridgehead atoms. The van der Waals surface area contributed by atoms with Gasteiger partial charge in [-0.05, 0) is 60.9 Å². The second-order valence-electron chi connectivity index (χ2n) is 8.09. The van der Waals surface area contributed by atoms with Crippen LogP contribution in [-0.4, -0.2) is 26.8 Å². The molecular formula is C25H21FN4O4. The van der Waals surface area contributed by atoms with Crippen molar-refractivity contribution in [3.05, 3.63) is 89.8 Å². The number of furan rings is 1. The molecule has 0 atom stereocenters. The molecule has 0 unspecified atom stereocenters. The number of carbonyl (C=O) groups is 2. The highest BCUT2D eigenvalue weighted by molar-refractivity contribution is 6.02. The maximum atomic E-state index is 13.4. The van der Waals surface area contributed by atoms with E-state index >= 15 is 0 Å². The zero-order valence-corrected chi connectivity index (χ0v) is 18.0. The minimum Gasteiger partial charge on any atom is -0.507 e. The molecule has 1 aliphatic carbocycles. The van der Waals surface area contributed by atoms with Gasteiger partial charge in [0.1, 0.15) is 11.6 Å². The number of amides is 2. The van der Waals surface area contributed by atoms with Crippen LogP contribution >= 0.6 is 0 Å². The molecule has 2 aromatic heterocycles. The third-order valence-corrected chi connectivity index (χ3v) is 5.53. The highest BCUT2D eigenvalue weighted by atomic mass is 19.1. The van der Waals surface area contributed by atoms with E-state index in [4.69, 9.17) is 4.42 Å². The first kappa shape index (κ1) is 21.4. The Morgan fingerprint density at radius 2 is 1.97 bits per heavy atom. The van der Waals surface area contributed by atoms with Crippen molar-refractivity contribution >= 4 is 17.6 Å². The average Bonchev–Trinajstić information content (AvgIpc) is 3.32. The SMILES string of the molecule is O=C(Nc1ccc(-c2cc(C3CC3)n(C(=O)NCc3cccc(F)c3)n2)c(O)c1)c1ccco1. The zero-order chi connectivity index (χ0) is 23.7. The van der Waals surface area contributed by atoms with Gasteiger partial charge in [-0.2, -0.15) is 9.78 Å². The van der Waals surface area contributed by atoms with Crippen molar-refractivity contribution in [3.63, 3.8) is 0 Å². The first-order valence-electron chi connectivity index (χ1n) is 10.8. The lowest BCUT2D eigenvalue weighted by atomic mass is 10.1. The van der Waals surface area contributed by atoms with Crippen LogP contribution in [0.2, 0.25) is 0 Å². The van der Waals surface area contributed by atoms with Gasteiger partial charge in [-0.1, -0.05) is 12.1 Å². The van der Waals surface area contributed by atoms with Crippen LogP contribution in [0.5, 0.6) is 5.75 Å². The molecule has 2 aromatic carbocycles. The van der Waals surface area contributed by atoms with Crippen LogP contribution in [0.15, 0.2) is 71.3 Å². The number of rotatable bonds is 6. The number of anilines is 1. The number of hydrogen-bond donors (Lipinski definition) is 3. The number of carbonyl (C=O) groups excluding carboxylic acids is 2. The molecule has 5 rings (SSSR count). The Labute approximate surface area is 194 Å². The monoisotopic (exact) mass is 460 g/mol. The van der Waals surface area contributed by atoms with Crippen LogP contribution in [0.4, 0.5) is 14.9 Å². The van der Waals surface area contributed by atoms with Crippen molar-refractivity contribution in [3.8, 4) is 17.0 Å². The van der Waals surface area contributed by atoms with E-state index in [1.807, 2.05) is 0 Å². The summed E-state index contributed by atoms with van der Waals surface area (Å²) in [6.07, 6.45) is 3.30. The molecule has 8 nitrogen and oxygen atoms in total. The fraction of sp³-hybridized carbons (Fsp3) is 0.160. The average molecular weight is 460 g/mol. The molecule has 0 saturated heterocycles. The van der Waals surface area contributed by atoms with E-state index in [-0.39, 0.29) is 29.8 Å². The lowest BCUT2D eigenvalue weighted by Gasteiger charge is -2.08. The van der Waals surface area contributed by atoms with Gasteiger partial charge >= 0.3 is 6.03 Å². The van der Waals surface area contributed by atoms with Crippen LogP contribution in [0.25, 0.3) is 11.3 Å². The minimum atomic E-state index is -0.438. The molecule has 0 aliphatic heterocycles. The smallest absolute Gasteiger partial charge is 0.342 e. The summed E-state index contributed by atoms with van der Waals surface area (Å²) in [5.41, 5.74) is 2.64. The first-order valence-corrected chi connectivity index (χ1v) is 10.8. The quantitative estimate of drug-likeness (QED) is 0.380. The van der Waals surface area contributed by atoms with Gasteiger partial charge in [-0.15, -0.1) is 0 Å². The van der Waals surface area contributed by atoms with Gasteiger partial charge in [0.25, 0.3) is 5.91 Å². The Morgan fingerprint density at radius 1 is 1.12 bits per heavy atom. The third kappa shape index (κ3) is 4.54. The van der Waals surface area contributed by atoms with Gasteiger partial charge in [0.2, 0.25) is 0 Å². The first-order chi connectivity index (χ1) is 16.5. The molecule has 2 amide bonds. The third-order valence-electron chi connectivity index (χ3n) is 5.53. The molecule has 4 aromatic rings. The standard InChI is InChI=1S/C25H21FN4O4/c26-17-4-1-3-15(11-17)14-27-25(33)30-21(16-6-7-16)13-20(29-30)19-9-8-18(12-22(19)31)28-24(32)23-5-2-10-34-23/h1-5,8-13,16,31H,6-7,14H2,(H,27,33)(H,28,32). The molecule has 2 heterocycles. The van der Waals surface area contributed by atoms with Crippen molar-refractivity contribution in [2.24, 2.45) is 0 Å². The normalized spacial score (nSPS) is 13.0. The van der Waals surface area contributed by atoms with Gasteiger partial charge in [-0.25, -0.2) is 9.18 Å². The molecule has 3 N–H and O–H groups in total. The van der Waals surface area contributed by atoms with Crippen LogP contribution < -0.4 is 10.6 Å². The number of nitrogens with one attached hydrogen (secondary N) is 2. The molecule has 0 spiro atoms. The van der Waals surface area contributed by atoms with E-state index in [1.165, 1.54) is 35.2 Å². The summed E-state index contributed by atoms with van der Waals surface area (Å²) < 4.78 is 19.8. The largest absolute Gasteiger partial charge is 0.507 e. The topological polar surface area (TPSA) is 109 Å². The summed E-state index contributed by atoms with van der Waals surface area (Å²) in [5.74, 6) is -0.529. The molecule has 9 heteroatoms. The number of halogens is 1. The molecule has 1 saturated carbocycles. The maximum absolute atomic E-state index is 13.4. The fourth-order valence-corrected chi connectivity index (χ4v) is 3.69. The number of aromatic hydroxyl groups is 1. The van der Waals surface area contributed by atoms with Crippen molar-refractivity contribution in [1.29, 1.82) is 0 Å². The molecule has 1 aliphatic rings. The number of benzene rings is 2. The van der Waals surface area contributed by atoms with Crippen LogP contribution in [0.3, 0.4) is 0 Å². The summed E-state index contributed by atoms with van der Waals surface area (Å²) in [7, 11) is 0. The second kappa shape index (κ2) is 8.86. The fourth-order valence-electron chi connectivity index (χ4n) is 3.69. The maximum Gasteiger partial charge on any atom is 0.342 e. The Kier molecular flexibility index (Phi) is 5.59. The highest BCUT2D eigenvalue weighted by Gasteiger charge is 2.30. The summed E-state index contributed by atoms with van der Waals surface area (Å²) in [6.45, 7) is 0.158. The van der Waals surface area contributed by atoms with Gasteiger partial charge in [0, 0.05) is 29.8 Å². The van der Waals surface area contributed by atoms with Gasteiger partial charge in [0.05, 0.1) is 17.7 Å². The van der Waals surface area contributed by atoms with E-state index < -0.39 is 11.9 Å². The second-order valence-corrected chi connectivity index (χ2v) is 8.09. The lowest BCUT2D eigenvalue weighted by molar-refractivity contribution is 0.0996. The molecular weight excluding hydrogens is 439 g/mol. The van der Waals surface area contributed by atoms with E-state index in [0.29, 0.717) is 22.5 Å². The lowest BCUT2D eigenvalue weighted by Crippen LogP contribution is -2.30.